The van der Waals surface area contributed by atoms with E-state index in [1.165, 1.54) is 6.07 Å². The molecule has 1 aliphatic rings. The van der Waals surface area contributed by atoms with Gasteiger partial charge in [-0.05, 0) is 31.9 Å². The van der Waals surface area contributed by atoms with Crippen molar-refractivity contribution in [3.63, 3.8) is 0 Å². The highest BCUT2D eigenvalue weighted by Gasteiger charge is 2.19. The SMILES string of the molecule is Cc1ccc(NC(=O)CN2CCCCCCC2=O)c(C(=O)O)c1. The molecule has 1 fully saturated rings. The first-order valence-corrected chi connectivity index (χ1v) is 7.89. The van der Waals surface area contributed by atoms with E-state index in [1.54, 1.807) is 24.0 Å². The normalized spacial score (nSPS) is 15.7. The maximum absolute atomic E-state index is 12.2. The van der Waals surface area contributed by atoms with Crippen molar-refractivity contribution >= 4 is 23.5 Å². The van der Waals surface area contributed by atoms with Crippen LogP contribution < -0.4 is 5.32 Å². The van der Waals surface area contributed by atoms with Gasteiger partial charge >= 0.3 is 5.97 Å². The number of nitrogens with zero attached hydrogens (tertiary/aromatic N) is 1. The first kappa shape index (κ1) is 17.0. The number of likely N-dealkylation sites (tertiary alicyclic amines) is 1. The van der Waals surface area contributed by atoms with E-state index in [0.29, 0.717) is 13.0 Å². The van der Waals surface area contributed by atoms with E-state index in [-0.39, 0.29) is 29.6 Å². The first-order chi connectivity index (χ1) is 11.0. The lowest BCUT2D eigenvalue weighted by atomic mass is 10.1. The number of aromatic carboxylic acids is 1. The Morgan fingerprint density at radius 1 is 1.22 bits per heavy atom. The smallest absolute Gasteiger partial charge is 0.337 e. The molecule has 1 heterocycles. The highest BCUT2D eigenvalue weighted by Crippen LogP contribution is 2.18. The fraction of sp³-hybridized carbons (Fsp3) is 0.471. The standard InChI is InChI=1S/C17H22N2O4/c1-12-7-8-14(13(10-12)17(22)23)18-15(20)11-19-9-5-3-2-4-6-16(19)21/h7-8,10H,2-6,9,11H2,1H3,(H,18,20)(H,22,23). The number of benzene rings is 1. The van der Waals surface area contributed by atoms with E-state index in [1.807, 2.05) is 0 Å². The van der Waals surface area contributed by atoms with Gasteiger partial charge in [0, 0.05) is 13.0 Å². The fourth-order valence-electron chi connectivity index (χ4n) is 2.69. The van der Waals surface area contributed by atoms with Gasteiger partial charge in [-0.3, -0.25) is 9.59 Å². The number of nitrogens with one attached hydrogen (secondary N) is 1. The summed E-state index contributed by atoms with van der Waals surface area (Å²) >= 11 is 0. The van der Waals surface area contributed by atoms with Crippen LogP contribution >= 0.6 is 0 Å². The average Bonchev–Trinajstić information content (AvgIpc) is 2.48. The maximum atomic E-state index is 12.2. The molecule has 6 nitrogen and oxygen atoms in total. The van der Waals surface area contributed by atoms with Crippen molar-refractivity contribution in [1.29, 1.82) is 0 Å². The third kappa shape index (κ3) is 4.81. The lowest BCUT2D eigenvalue weighted by Gasteiger charge is -2.24. The molecule has 0 spiro atoms. The molecule has 1 saturated heterocycles. The minimum Gasteiger partial charge on any atom is -0.478 e. The molecule has 124 valence electrons. The van der Waals surface area contributed by atoms with E-state index in [2.05, 4.69) is 5.32 Å². The Morgan fingerprint density at radius 3 is 2.70 bits per heavy atom. The molecule has 23 heavy (non-hydrogen) atoms. The lowest BCUT2D eigenvalue weighted by molar-refractivity contribution is -0.135. The van der Waals surface area contributed by atoms with E-state index in [9.17, 15) is 19.5 Å². The second kappa shape index (κ2) is 7.76. The average molecular weight is 318 g/mol. The van der Waals surface area contributed by atoms with Crippen LogP contribution in [0.3, 0.4) is 0 Å². The second-order valence-corrected chi connectivity index (χ2v) is 5.88. The predicted octanol–water partition coefficient (Wildman–Crippen LogP) is 2.42. The molecule has 2 N–H and O–H groups in total. The molecule has 1 aromatic carbocycles. The summed E-state index contributed by atoms with van der Waals surface area (Å²) in [5.74, 6) is -1.47. The van der Waals surface area contributed by atoms with Crippen LogP contribution in [0.1, 0.15) is 48.0 Å². The zero-order chi connectivity index (χ0) is 16.8. The van der Waals surface area contributed by atoms with Gasteiger partial charge in [-0.1, -0.05) is 24.5 Å². The monoisotopic (exact) mass is 318 g/mol. The van der Waals surface area contributed by atoms with E-state index in [4.69, 9.17) is 0 Å². The van der Waals surface area contributed by atoms with Crippen LogP contribution in [0.2, 0.25) is 0 Å². The third-order valence-electron chi connectivity index (χ3n) is 3.94. The Kier molecular flexibility index (Phi) is 5.73. The Labute approximate surface area is 135 Å². The van der Waals surface area contributed by atoms with Crippen molar-refractivity contribution < 1.29 is 19.5 Å². The van der Waals surface area contributed by atoms with Crippen molar-refractivity contribution in [3.05, 3.63) is 29.3 Å². The molecule has 0 radical (unpaired) electrons. The summed E-state index contributed by atoms with van der Waals surface area (Å²) in [7, 11) is 0. The number of aryl methyl sites for hydroxylation is 1. The van der Waals surface area contributed by atoms with Crippen LogP contribution in [0, 0.1) is 6.92 Å². The molecule has 0 aliphatic carbocycles. The fourth-order valence-corrected chi connectivity index (χ4v) is 2.69. The number of rotatable bonds is 4. The summed E-state index contributed by atoms with van der Waals surface area (Å²) in [4.78, 5) is 37.0. The van der Waals surface area contributed by atoms with Gasteiger partial charge in [-0.15, -0.1) is 0 Å². The zero-order valence-corrected chi connectivity index (χ0v) is 13.3. The summed E-state index contributed by atoms with van der Waals surface area (Å²) in [6.45, 7) is 2.33. The number of carboxylic acid groups (broad SMARTS) is 1. The van der Waals surface area contributed by atoms with Crippen molar-refractivity contribution in [1.82, 2.24) is 4.90 Å². The van der Waals surface area contributed by atoms with Gasteiger partial charge in [0.1, 0.15) is 0 Å². The van der Waals surface area contributed by atoms with E-state index in [0.717, 1.165) is 31.2 Å². The minimum atomic E-state index is -1.09. The van der Waals surface area contributed by atoms with E-state index < -0.39 is 5.97 Å². The van der Waals surface area contributed by atoms with E-state index >= 15 is 0 Å². The topological polar surface area (TPSA) is 86.7 Å². The van der Waals surface area contributed by atoms with Gasteiger partial charge in [0.05, 0.1) is 17.8 Å². The Hall–Kier alpha value is -2.37. The third-order valence-corrected chi connectivity index (χ3v) is 3.94. The van der Waals surface area contributed by atoms with Crippen molar-refractivity contribution in [3.8, 4) is 0 Å². The van der Waals surface area contributed by atoms with Crippen molar-refractivity contribution in [2.75, 3.05) is 18.4 Å². The molecule has 1 aromatic rings. The molecule has 0 aromatic heterocycles. The largest absolute Gasteiger partial charge is 0.478 e. The molecule has 1 aliphatic heterocycles. The molecule has 0 unspecified atom stereocenters. The highest BCUT2D eigenvalue weighted by molar-refractivity contribution is 6.01. The van der Waals surface area contributed by atoms with Crippen LogP contribution in [-0.4, -0.2) is 40.9 Å². The van der Waals surface area contributed by atoms with Crippen LogP contribution in [0.25, 0.3) is 0 Å². The maximum Gasteiger partial charge on any atom is 0.337 e. The molecular formula is C17H22N2O4. The second-order valence-electron chi connectivity index (χ2n) is 5.88. The number of hydrogen-bond donors (Lipinski definition) is 2. The van der Waals surface area contributed by atoms with Gasteiger partial charge in [-0.2, -0.15) is 0 Å². The van der Waals surface area contributed by atoms with Crippen LogP contribution in [0.5, 0.6) is 0 Å². The Morgan fingerprint density at radius 2 is 1.96 bits per heavy atom. The summed E-state index contributed by atoms with van der Waals surface area (Å²) in [6.07, 6.45) is 4.34. The van der Waals surface area contributed by atoms with Crippen molar-refractivity contribution in [2.45, 2.75) is 39.0 Å². The lowest BCUT2D eigenvalue weighted by Crippen LogP contribution is -2.39. The van der Waals surface area contributed by atoms with Crippen LogP contribution in [0.15, 0.2) is 18.2 Å². The highest BCUT2D eigenvalue weighted by atomic mass is 16.4. The van der Waals surface area contributed by atoms with Gasteiger partial charge in [-0.25, -0.2) is 4.79 Å². The molecule has 2 amide bonds. The summed E-state index contributed by atoms with van der Waals surface area (Å²) in [5, 5.41) is 11.8. The molecule has 0 atom stereocenters. The number of carboxylic acids is 1. The first-order valence-electron chi connectivity index (χ1n) is 7.89. The molecule has 6 heteroatoms. The number of hydrogen-bond acceptors (Lipinski definition) is 3. The zero-order valence-electron chi connectivity index (χ0n) is 13.3. The number of carbonyl (C=O) groups excluding carboxylic acids is 2. The Balaban J connectivity index is 2.04. The van der Waals surface area contributed by atoms with Gasteiger partial charge < -0.3 is 15.3 Å². The van der Waals surface area contributed by atoms with Gasteiger partial charge in [0.15, 0.2) is 0 Å². The summed E-state index contributed by atoms with van der Waals surface area (Å²) in [6, 6.07) is 4.83. The predicted molar refractivity (Wildman–Crippen MR) is 86.4 cm³/mol. The Bertz CT molecular complexity index is 613. The number of amides is 2. The van der Waals surface area contributed by atoms with Crippen LogP contribution in [-0.2, 0) is 9.59 Å². The molecule has 2 rings (SSSR count). The van der Waals surface area contributed by atoms with Gasteiger partial charge in [0.2, 0.25) is 11.8 Å². The van der Waals surface area contributed by atoms with Gasteiger partial charge in [0.25, 0.3) is 0 Å². The van der Waals surface area contributed by atoms with Crippen molar-refractivity contribution in [2.24, 2.45) is 0 Å². The number of anilines is 1. The quantitative estimate of drug-likeness (QED) is 0.892. The number of carbonyl (C=O) groups is 3. The summed E-state index contributed by atoms with van der Waals surface area (Å²) in [5.41, 5.74) is 1.12. The molecular weight excluding hydrogens is 296 g/mol. The molecule has 0 saturated carbocycles. The molecule has 0 bridgehead atoms. The summed E-state index contributed by atoms with van der Waals surface area (Å²) < 4.78 is 0. The van der Waals surface area contributed by atoms with Crippen LogP contribution in [0.4, 0.5) is 5.69 Å². The minimum absolute atomic E-state index is 0.0118.